The van der Waals surface area contributed by atoms with Crippen molar-refractivity contribution in [1.82, 2.24) is 0 Å². The van der Waals surface area contributed by atoms with E-state index in [0.29, 0.717) is 0 Å². The molecule has 3 aromatic rings. The third-order valence-corrected chi connectivity index (χ3v) is 4.44. The summed E-state index contributed by atoms with van der Waals surface area (Å²) in [6.45, 7) is 0. The van der Waals surface area contributed by atoms with Crippen molar-refractivity contribution >= 4 is 28.1 Å². The van der Waals surface area contributed by atoms with Crippen molar-refractivity contribution in [3.05, 3.63) is 76.7 Å². The minimum absolute atomic E-state index is 0.0250. The number of anilines is 1. The molecule has 0 amide bonds. The molecule has 0 aromatic heterocycles. The first-order valence-corrected chi connectivity index (χ1v) is 7.58. The van der Waals surface area contributed by atoms with Gasteiger partial charge in [0.25, 0.3) is 0 Å². The lowest BCUT2D eigenvalue weighted by Gasteiger charge is -2.22. The van der Waals surface area contributed by atoms with Crippen molar-refractivity contribution in [3.63, 3.8) is 0 Å². The number of nitrogen functional groups attached to an aromatic ring is 1. The molecule has 0 heterocycles. The zero-order valence-electron chi connectivity index (χ0n) is 12.3. The van der Waals surface area contributed by atoms with Crippen LogP contribution >= 0.6 is 0 Å². The summed E-state index contributed by atoms with van der Waals surface area (Å²) in [5.74, 6) is 0. The lowest BCUT2D eigenvalue weighted by atomic mass is 9.86. The Balaban J connectivity index is 2.20. The van der Waals surface area contributed by atoms with Crippen LogP contribution in [0.15, 0.2) is 60.7 Å². The number of hydrogen-bond donors (Lipinski definition) is 2. The van der Waals surface area contributed by atoms with Gasteiger partial charge in [-0.2, -0.15) is 0 Å². The van der Waals surface area contributed by atoms with Gasteiger partial charge in [0.05, 0.1) is 0 Å². The maximum Gasteiger partial charge on any atom is 0.0397 e. The van der Waals surface area contributed by atoms with Crippen LogP contribution in [0.5, 0.6) is 0 Å². The standard InChI is InChI=1S/C20H18N2/c21-17-11-9-13-5-1-3-7-15(13)19(17)20-16-8-4-2-6-14(16)10-12-18(20)22/h1-11,18H,12,21-22H2. The number of benzene rings is 3. The van der Waals surface area contributed by atoms with Gasteiger partial charge in [-0.3, -0.25) is 0 Å². The van der Waals surface area contributed by atoms with Gasteiger partial charge in [0.2, 0.25) is 0 Å². The van der Waals surface area contributed by atoms with Crippen LogP contribution in [0.4, 0.5) is 5.69 Å². The lowest BCUT2D eigenvalue weighted by Crippen LogP contribution is -2.39. The molecular weight excluding hydrogens is 268 g/mol. The minimum atomic E-state index is -0.0250. The van der Waals surface area contributed by atoms with E-state index in [1.165, 1.54) is 21.2 Å². The first-order valence-electron chi connectivity index (χ1n) is 7.58. The molecule has 0 saturated heterocycles. The van der Waals surface area contributed by atoms with E-state index in [-0.39, 0.29) is 6.04 Å². The van der Waals surface area contributed by atoms with Crippen molar-refractivity contribution in [2.75, 3.05) is 5.73 Å². The van der Waals surface area contributed by atoms with Crippen molar-refractivity contribution in [2.24, 2.45) is 5.73 Å². The summed E-state index contributed by atoms with van der Waals surface area (Å²) in [5, 5.41) is 4.80. The Labute approximate surface area is 129 Å². The van der Waals surface area contributed by atoms with Crippen molar-refractivity contribution in [3.8, 4) is 0 Å². The molecule has 2 heteroatoms. The predicted molar refractivity (Wildman–Crippen MR) is 93.6 cm³/mol. The molecule has 3 aromatic carbocycles. The van der Waals surface area contributed by atoms with Gasteiger partial charge in [-0.05, 0) is 39.3 Å². The molecule has 0 saturated carbocycles. The molecule has 2 nitrogen and oxygen atoms in total. The number of hydrogen-bond acceptors (Lipinski definition) is 2. The lowest BCUT2D eigenvalue weighted by molar-refractivity contribution is 0.862. The Morgan fingerprint density at radius 2 is 1.64 bits per heavy atom. The monoisotopic (exact) mass is 286 g/mol. The summed E-state index contributed by atoms with van der Waals surface area (Å²) in [6.07, 6.45) is 3.06. The highest BCUT2D eigenvalue weighted by Crippen LogP contribution is 2.31. The SMILES string of the molecule is Nc1ccc2ccccc2c1C1=c2ccccc2=CCC1N. The highest BCUT2D eigenvalue weighted by atomic mass is 14.7. The third-order valence-electron chi connectivity index (χ3n) is 4.44. The molecule has 0 spiro atoms. The van der Waals surface area contributed by atoms with Gasteiger partial charge in [0.1, 0.15) is 0 Å². The molecule has 1 unspecified atom stereocenters. The van der Waals surface area contributed by atoms with Gasteiger partial charge in [0.15, 0.2) is 0 Å². The quantitative estimate of drug-likeness (QED) is 0.673. The summed E-state index contributed by atoms with van der Waals surface area (Å²) < 4.78 is 0. The zero-order chi connectivity index (χ0) is 15.1. The molecule has 22 heavy (non-hydrogen) atoms. The van der Waals surface area contributed by atoms with E-state index in [1.807, 2.05) is 6.07 Å². The fourth-order valence-corrected chi connectivity index (χ4v) is 3.40. The Hall–Kier alpha value is -2.58. The van der Waals surface area contributed by atoms with Gasteiger partial charge >= 0.3 is 0 Å². The van der Waals surface area contributed by atoms with E-state index in [4.69, 9.17) is 11.5 Å². The topological polar surface area (TPSA) is 52.0 Å². The number of nitrogens with two attached hydrogens (primary N) is 2. The molecule has 4 rings (SSSR count). The first kappa shape index (κ1) is 13.1. The van der Waals surface area contributed by atoms with Crippen LogP contribution in [0, 0.1) is 0 Å². The average molecular weight is 286 g/mol. The summed E-state index contributed by atoms with van der Waals surface area (Å²) in [6, 6.07) is 20.8. The van der Waals surface area contributed by atoms with E-state index in [0.717, 1.165) is 23.2 Å². The molecule has 0 bridgehead atoms. The Morgan fingerprint density at radius 3 is 2.55 bits per heavy atom. The van der Waals surface area contributed by atoms with Crippen molar-refractivity contribution in [2.45, 2.75) is 12.5 Å². The molecule has 4 N–H and O–H groups in total. The van der Waals surface area contributed by atoms with Gasteiger partial charge < -0.3 is 11.5 Å². The Bertz CT molecular complexity index is 986. The predicted octanol–water partition coefficient (Wildman–Crippen LogP) is 2.13. The highest BCUT2D eigenvalue weighted by molar-refractivity contribution is 5.99. The number of fused-ring (bicyclic) bond motifs is 2. The van der Waals surface area contributed by atoms with E-state index in [1.54, 1.807) is 0 Å². The van der Waals surface area contributed by atoms with E-state index in [9.17, 15) is 0 Å². The summed E-state index contributed by atoms with van der Waals surface area (Å²) in [7, 11) is 0. The van der Waals surface area contributed by atoms with Gasteiger partial charge in [-0.25, -0.2) is 0 Å². The fraction of sp³-hybridized carbons (Fsp3) is 0.100. The fourth-order valence-electron chi connectivity index (χ4n) is 3.40. The van der Waals surface area contributed by atoms with E-state index in [2.05, 4.69) is 60.7 Å². The minimum Gasteiger partial charge on any atom is -0.398 e. The molecular formula is C20H18N2. The second-order valence-electron chi connectivity index (χ2n) is 5.80. The second-order valence-corrected chi connectivity index (χ2v) is 5.80. The van der Waals surface area contributed by atoms with Crippen molar-refractivity contribution in [1.29, 1.82) is 0 Å². The molecule has 0 aliphatic heterocycles. The largest absolute Gasteiger partial charge is 0.398 e. The number of rotatable bonds is 1. The van der Waals surface area contributed by atoms with Crippen LogP contribution in [-0.2, 0) is 0 Å². The normalized spacial score (nSPS) is 17.1. The van der Waals surface area contributed by atoms with Crippen molar-refractivity contribution < 1.29 is 0 Å². The average Bonchev–Trinajstić information content (AvgIpc) is 2.56. The summed E-state index contributed by atoms with van der Waals surface area (Å²) in [4.78, 5) is 0. The van der Waals surface area contributed by atoms with Gasteiger partial charge in [-0.1, -0.05) is 60.7 Å². The summed E-state index contributed by atoms with van der Waals surface area (Å²) >= 11 is 0. The third kappa shape index (κ3) is 1.92. The highest BCUT2D eigenvalue weighted by Gasteiger charge is 2.19. The van der Waals surface area contributed by atoms with Gasteiger partial charge in [-0.15, -0.1) is 0 Å². The second kappa shape index (κ2) is 5.00. The first-order chi connectivity index (χ1) is 10.8. The molecule has 1 aliphatic carbocycles. The maximum absolute atomic E-state index is 6.46. The van der Waals surface area contributed by atoms with Crippen LogP contribution in [0.25, 0.3) is 22.4 Å². The Kier molecular flexibility index (Phi) is 2.98. The van der Waals surface area contributed by atoms with Gasteiger partial charge in [0, 0.05) is 17.3 Å². The Morgan fingerprint density at radius 1 is 0.864 bits per heavy atom. The smallest absolute Gasteiger partial charge is 0.0397 e. The summed E-state index contributed by atoms with van der Waals surface area (Å²) in [5.41, 5.74) is 15.9. The van der Waals surface area contributed by atoms with Crippen LogP contribution in [0.3, 0.4) is 0 Å². The molecule has 0 fully saturated rings. The molecule has 108 valence electrons. The van der Waals surface area contributed by atoms with Crippen LogP contribution in [0.1, 0.15) is 12.0 Å². The molecule has 1 atom stereocenters. The van der Waals surface area contributed by atoms with E-state index >= 15 is 0 Å². The van der Waals surface area contributed by atoms with E-state index < -0.39 is 0 Å². The zero-order valence-corrected chi connectivity index (χ0v) is 12.3. The van der Waals surface area contributed by atoms with Crippen LogP contribution < -0.4 is 21.9 Å². The van der Waals surface area contributed by atoms with Crippen LogP contribution in [0.2, 0.25) is 0 Å². The molecule has 1 aliphatic rings. The maximum atomic E-state index is 6.46. The molecule has 0 radical (unpaired) electrons. The van der Waals surface area contributed by atoms with Crippen LogP contribution in [-0.4, -0.2) is 6.04 Å².